The normalized spacial score (nSPS) is 11.6. The molecule has 0 rings (SSSR count). The molecule has 0 spiro atoms. The number of Topliss-reactive ketones (excluding diaryl/α,β-unsaturated/α-hetero) is 1. The highest BCUT2D eigenvalue weighted by Gasteiger charge is 2.04. The molecule has 3 heteroatoms. The first-order valence-corrected chi connectivity index (χ1v) is 3.44. The summed E-state index contributed by atoms with van der Waals surface area (Å²) < 4.78 is 0. The molecule has 0 unspecified atom stereocenters. The number of carbonyl (C=O) groups is 1. The van der Waals surface area contributed by atoms with E-state index < -0.39 is 0 Å². The standard InChI is InChI=1S/C7H13NO2/c1-3-4-5-7(9)6(2)8-10/h10H,3-5H2,1-2H3/b8-6+. The smallest absolute Gasteiger partial charge is 0.180 e. The Balaban J connectivity index is 3.63. The van der Waals surface area contributed by atoms with Crippen LogP contribution >= 0.6 is 0 Å². The van der Waals surface area contributed by atoms with Crippen LogP contribution in [0.3, 0.4) is 0 Å². The molecule has 0 aliphatic rings. The number of hydrogen-bond donors (Lipinski definition) is 1. The second kappa shape index (κ2) is 4.97. The van der Waals surface area contributed by atoms with Crippen LogP contribution in [0.5, 0.6) is 0 Å². The summed E-state index contributed by atoms with van der Waals surface area (Å²) in [6.45, 7) is 3.52. The van der Waals surface area contributed by atoms with E-state index in [9.17, 15) is 4.79 Å². The van der Waals surface area contributed by atoms with Crippen LogP contribution < -0.4 is 0 Å². The minimum atomic E-state index is -0.0654. The largest absolute Gasteiger partial charge is 0.411 e. The van der Waals surface area contributed by atoms with Crippen molar-refractivity contribution in [3.63, 3.8) is 0 Å². The van der Waals surface area contributed by atoms with Crippen LogP contribution in [0, 0.1) is 0 Å². The fourth-order valence-corrected chi connectivity index (χ4v) is 0.574. The number of ketones is 1. The van der Waals surface area contributed by atoms with Crippen molar-refractivity contribution in [2.45, 2.75) is 33.1 Å². The van der Waals surface area contributed by atoms with Gasteiger partial charge in [-0.2, -0.15) is 0 Å². The van der Waals surface area contributed by atoms with Gasteiger partial charge in [0.15, 0.2) is 5.78 Å². The van der Waals surface area contributed by atoms with Crippen molar-refractivity contribution in [2.24, 2.45) is 5.16 Å². The van der Waals surface area contributed by atoms with Crippen molar-refractivity contribution in [1.82, 2.24) is 0 Å². The second-order valence-electron chi connectivity index (χ2n) is 2.21. The van der Waals surface area contributed by atoms with Crippen LogP contribution in [0.2, 0.25) is 0 Å². The molecule has 0 atom stereocenters. The molecule has 0 aliphatic carbocycles. The summed E-state index contributed by atoms with van der Waals surface area (Å²) >= 11 is 0. The van der Waals surface area contributed by atoms with Crippen molar-refractivity contribution < 1.29 is 10.0 Å². The molecular formula is C7H13NO2. The molecule has 0 heterocycles. The van der Waals surface area contributed by atoms with E-state index in [0.717, 1.165) is 12.8 Å². The minimum absolute atomic E-state index is 0.0654. The molecule has 0 aliphatic heterocycles. The van der Waals surface area contributed by atoms with Crippen molar-refractivity contribution in [3.05, 3.63) is 0 Å². The average Bonchev–Trinajstić information content (AvgIpc) is 1.98. The fraction of sp³-hybridized carbons (Fsp3) is 0.714. The molecule has 3 nitrogen and oxygen atoms in total. The lowest BCUT2D eigenvalue weighted by Crippen LogP contribution is -2.09. The zero-order valence-electron chi connectivity index (χ0n) is 6.42. The van der Waals surface area contributed by atoms with E-state index in [1.54, 1.807) is 0 Å². The third-order valence-electron chi connectivity index (χ3n) is 1.31. The van der Waals surface area contributed by atoms with E-state index in [1.807, 2.05) is 6.92 Å². The van der Waals surface area contributed by atoms with E-state index in [0.29, 0.717) is 6.42 Å². The van der Waals surface area contributed by atoms with Crippen molar-refractivity contribution >= 4 is 11.5 Å². The van der Waals surface area contributed by atoms with Crippen LogP contribution in [0.15, 0.2) is 5.16 Å². The topological polar surface area (TPSA) is 49.7 Å². The molecule has 0 bridgehead atoms. The molecule has 0 fully saturated rings. The molecule has 0 aromatic rings. The predicted octanol–water partition coefficient (Wildman–Crippen LogP) is 1.60. The fourth-order valence-electron chi connectivity index (χ4n) is 0.574. The lowest BCUT2D eigenvalue weighted by Gasteiger charge is -1.94. The second-order valence-corrected chi connectivity index (χ2v) is 2.21. The Kier molecular flexibility index (Phi) is 4.54. The Morgan fingerprint density at radius 1 is 1.60 bits per heavy atom. The van der Waals surface area contributed by atoms with E-state index in [1.165, 1.54) is 6.92 Å². The quantitative estimate of drug-likeness (QED) is 0.369. The maximum absolute atomic E-state index is 10.8. The van der Waals surface area contributed by atoms with Crippen molar-refractivity contribution in [1.29, 1.82) is 0 Å². The van der Waals surface area contributed by atoms with Gasteiger partial charge in [-0.3, -0.25) is 4.79 Å². The van der Waals surface area contributed by atoms with Gasteiger partial charge in [0.1, 0.15) is 5.71 Å². The Morgan fingerprint density at radius 2 is 2.20 bits per heavy atom. The van der Waals surface area contributed by atoms with Gasteiger partial charge in [0.05, 0.1) is 0 Å². The zero-order valence-corrected chi connectivity index (χ0v) is 6.42. The SMILES string of the molecule is CCCCC(=O)/C(C)=N/O. The summed E-state index contributed by atoms with van der Waals surface area (Å²) in [6.07, 6.45) is 2.35. The molecule has 58 valence electrons. The average molecular weight is 143 g/mol. The number of oxime groups is 1. The predicted molar refractivity (Wildman–Crippen MR) is 39.4 cm³/mol. The summed E-state index contributed by atoms with van der Waals surface area (Å²) in [6, 6.07) is 0. The molecule has 0 radical (unpaired) electrons. The van der Waals surface area contributed by atoms with Crippen molar-refractivity contribution in [2.75, 3.05) is 0 Å². The summed E-state index contributed by atoms with van der Waals surface area (Å²) in [4.78, 5) is 10.8. The van der Waals surface area contributed by atoms with E-state index in [-0.39, 0.29) is 11.5 Å². The molecule has 0 aromatic carbocycles. The van der Waals surface area contributed by atoms with E-state index in [2.05, 4.69) is 5.16 Å². The Morgan fingerprint density at radius 3 is 2.60 bits per heavy atom. The highest BCUT2D eigenvalue weighted by atomic mass is 16.4. The Hall–Kier alpha value is -0.860. The summed E-state index contributed by atoms with van der Waals surface area (Å²) in [5.74, 6) is -0.0654. The van der Waals surface area contributed by atoms with Gasteiger partial charge in [0, 0.05) is 6.42 Å². The van der Waals surface area contributed by atoms with Gasteiger partial charge < -0.3 is 5.21 Å². The first-order chi connectivity index (χ1) is 4.72. The monoisotopic (exact) mass is 143 g/mol. The van der Waals surface area contributed by atoms with Crippen LogP contribution in [-0.4, -0.2) is 16.7 Å². The van der Waals surface area contributed by atoms with Gasteiger partial charge in [0.25, 0.3) is 0 Å². The lowest BCUT2D eigenvalue weighted by molar-refractivity contribution is -0.113. The van der Waals surface area contributed by atoms with Gasteiger partial charge >= 0.3 is 0 Å². The molecule has 0 saturated heterocycles. The molecular weight excluding hydrogens is 130 g/mol. The highest BCUT2D eigenvalue weighted by Crippen LogP contribution is 1.96. The first-order valence-electron chi connectivity index (χ1n) is 3.44. The highest BCUT2D eigenvalue weighted by molar-refractivity contribution is 6.38. The Labute approximate surface area is 60.7 Å². The number of hydrogen-bond acceptors (Lipinski definition) is 3. The van der Waals surface area contributed by atoms with Crippen LogP contribution in [0.4, 0.5) is 0 Å². The number of nitrogens with zero attached hydrogens (tertiary/aromatic N) is 1. The third-order valence-corrected chi connectivity index (χ3v) is 1.31. The number of unbranched alkanes of at least 4 members (excludes halogenated alkanes) is 1. The Bertz CT molecular complexity index is 141. The summed E-state index contributed by atoms with van der Waals surface area (Å²) in [7, 11) is 0. The first kappa shape index (κ1) is 9.14. The maximum atomic E-state index is 10.8. The summed E-state index contributed by atoms with van der Waals surface area (Å²) in [5, 5.41) is 11.0. The zero-order chi connectivity index (χ0) is 7.98. The van der Waals surface area contributed by atoms with E-state index >= 15 is 0 Å². The van der Waals surface area contributed by atoms with Crippen LogP contribution in [0.1, 0.15) is 33.1 Å². The van der Waals surface area contributed by atoms with Crippen molar-refractivity contribution in [3.8, 4) is 0 Å². The lowest BCUT2D eigenvalue weighted by atomic mass is 10.1. The molecule has 1 N–H and O–H groups in total. The van der Waals surface area contributed by atoms with Gasteiger partial charge in [0.2, 0.25) is 0 Å². The van der Waals surface area contributed by atoms with Gasteiger partial charge in [-0.25, -0.2) is 0 Å². The summed E-state index contributed by atoms with van der Waals surface area (Å²) in [5.41, 5.74) is 0.202. The van der Waals surface area contributed by atoms with Gasteiger partial charge in [-0.1, -0.05) is 18.5 Å². The minimum Gasteiger partial charge on any atom is -0.411 e. The molecule has 0 saturated carbocycles. The number of carbonyl (C=O) groups excluding carboxylic acids is 1. The maximum Gasteiger partial charge on any atom is 0.180 e. The number of rotatable bonds is 4. The molecule has 10 heavy (non-hydrogen) atoms. The van der Waals surface area contributed by atoms with Crippen LogP contribution in [-0.2, 0) is 4.79 Å². The third kappa shape index (κ3) is 3.22. The molecule has 0 aromatic heterocycles. The van der Waals surface area contributed by atoms with Gasteiger partial charge in [-0.05, 0) is 13.3 Å². The molecule has 0 amide bonds. The van der Waals surface area contributed by atoms with E-state index in [4.69, 9.17) is 5.21 Å². The van der Waals surface area contributed by atoms with Gasteiger partial charge in [-0.15, -0.1) is 0 Å². The van der Waals surface area contributed by atoms with Crippen LogP contribution in [0.25, 0.3) is 0 Å².